The fraction of sp³-hybridized carbons (Fsp3) is 0.214. The summed E-state index contributed by atoms with van der Waals surface area (Å²) in [7, 11) is 1.48. The van der Waals surface area contributed by atoms with Crippen LogP contribution in [0.3, 0.4) is 0 Å². The molecule has 5 rings (SSSR count). The van der Waals surface area contributed by atoms with Gasteiger partial charge >= 0.3 is 5.63 Å². The molecule has 4 aromatic rings. The lowest BCUT2D eigenvalue weighted by Crippen LogP contribution is -2.28. The highest BCUT2D eigenvalue weighted by molar-refractivity contribution is 5.85. The topological polar surface area (TPSA) is 127 Å². The molecule has 0 fully saturated rings. The Bertz CT molecular complexity index is 1510. The molecule has 0 aliphatic carbocycles. The maximum Gasteiger partial charge on any atom is 0.343 e. The molecule has 3 aromatic carbocycles. The Kier molecular flexibility index (Phi) is 6.59. The van der Waals surface area contributed by atoms with Crippen LogP contribution >= 0.6 is 0 Å². The molecule has 1 aromatic heterocycles. The second-order valence-electron chi connectivity index (χ2n) is 8.63. The molecule has 1 aliphatic rings. The van der Waals surface area contributed by atoms with E-state index in [1.54, 1.807) is 60.7 Å². The van der Waals surface area contributed by atoms with Crippen molar-refractivity contribution >= 4 is 16.9 Å². The lowest BCUT2D eigenvalue weighted by Gasteiger charge is -2.20. The number of para-hydroxylation sites is 1. The van der Waals surface area contributed by atoms with Crippen molar-refractivity contribution in [3.05, 3.63) is 87.8 Å². The molecular formula is C28H25NO8. The van der Waals surface area contributed by atoms with Gasteiger partial charge in [-0.15, -0.1) is 0 Å². The quantitative estimate of drug-likeness (QED) is 0.310. The number of phenols is 1. The summed E-state index contributed by atoms with van der Waals surface area (Å²) in [5, 5.41) is 23.8. The number of carbonyl (C=O) groups excluding carboxylic acids is 1. The Balaban J connectivity index is 1.49. The highest BCUT2D eigenvalue weighted by Crippen LogP contribution is 2.45. The number of rotatable bonds is 8. The molecule has 0 saturated heterocycles. The summed E-state index contributed by atoms with van der Waals surface area (Å²) in [6.45, 7) is 0.361. The Hall–Kier alpha value is -4.66. The molecule has 0 radical (unpaired) electrons. The zero-order chi connectivity index (χ0) is 25.9. The van der Waals surface area contributed by atoms with Gasteiger partial charge in [-0.2, -0.15) is 0 Å². The number of nitrogens with one attached hydrogen (secondary N) is 1. The third-order valence-corrected chi connectivity index (χ3v) is 6.31. The van der Waals surface area contributed by atoms with E-state index in [-0.39, 0.29) is 41.8 Å². The van der Waals surface area contributed by atoms with E-state index in [9.17, 15) is 19.8 Å². The molecule has 1 aliphatic heterocycles. The van der Waals surface area contributed by atoms with Gasteiger partial charge in [0.25, 0.3) is 0 Å². The van der Waals surface area contributed by atoms with Crippen molar-refractivity contribution in [2.45, 2.75) is 18.8 Å². The first kappa shape index (κ1) is 24.1. The maximum atomic E-state index is 13.1. The summed E-state index contributed by atoms with van der Waals surface area (Å²) < 4.78 is 22.0. The molecule has 0 spiro atoms. The van der Waals surface area contributed by atoms with E-state index in [1.807, 2.05) is 0 Å². The van der Waals surface area contributed by atoms with Crippen LogP contribution in [0, 0.1) is 0 Å². The third-order valence-electron chi connectivity index (χ3n) is 6.31. The minimum absolute atomic E-state index is 0.0148. The lowest BCUT2D eigenvalue weighted by molar-refractivity contribution is -0.121. The summed E-state index contributed by atoms with van der Waals surface area (Å²) in [6.07, 6.45) is 0.410. The van der Waals surface area contributed by atoms with Gasteiger partial charge in [0.2, 0.25) is 18.4 Å². The molecular weight excluding hydrogens is 478 g/mol. The smallest absolute Gasteiger partial charge is 0.343 e. The van der Waals surface area contributed by atoms with E-state index >= 15 is 0 Å². The lowest BCUT2D eigenvalue weighted by atomic mass is 9.87. The molecule has 9 heteroatoms. The fourth-order valence-corrected chi connectivity index (χ4v) is 4.46. The molecule has 3 N–H and O–H groups in total. The number of aromatic hydroxyl groups is 2. The van der Waals surface area contributed by atoms with Crippen LogP contribution in [0.25, 0.3) is 11.0 Å². The summed E-state index contributed by atoms with van der Waals surface area (Å²) in [6, 6.07) is 16.7. The van der Waals surface area contributed by atoms with Crippen molar-refractivity contribution in [3.63, 3.8) is 0 Å². The van der Waals surface area contributed by atoms with Gasteiger partial charge in [0.15, 0.2) is 11.5 Å². The number of fused-ring (bicyclic) bond motifs is 2. The Labute approximate surface area is 211 Å². The predicted octanol–water partition coefficient (Wildman–Crippen LogP) is 3.82. The Morgan fingerprint density at radius 1 is 1.08 bits per heavy atom. The number of carbonyl (C=O) groups is 1. The third kappa shape index (κ3) is 4.88. The van der Waals surface area contributed by atoms with Crippen molar-refractivity contribution in [2.75, 3.05) is 20.4 Å². The van der Waals surface area contributed by atoms with Crippen molar-refractivity contribution in [3.8, 4) is 28.7 Å². The zero-order valence-corrected chi connectivity index (χ0v) is 20.0. The second kappa shape index (κ2) is 10.1. The number of ether oxygens (including phenoxy) is 3. The van der Waals surface area contributed by atoms with Crippen LogP contribution < -0.4 is 25.2 Å². The van der Waals surface area contributed by atoms with Gasteiger partial charge in [-0.05, 0) is 53.9 Å². The number of hydrogen-bond donors (Lipinski definition) is 3. The average molecular weight is 504 g/mol. The standard InChI is InChI=1S/C28H25NO8/c1-34-22-12-17(13-23-27(22)36-15-35-23)20(14-24(31)29-11-10-16-6-8-18(30)9-7-16)25-26(32)19-4-2-3-5-21(19)37-28(25)33/h2-9,12-13,20,30,32H,10-11,14-15H2,1H3,(H,29,31)/t20-/m1/s1. The fourth-order valence-electron chi connectivity index (χ4n) is 4.46. The molecule has 2 heterocycles. The van der Waals surface area contributed by atoms with Crippen LogP contribution in [0.1, 0.15) is 29.0 Å². The summed E-state index contributed by atoms with van der Waals surface area (Å²) in [5.41, 5.74) is 0.938. The van der Waals surface area contributed by atoms with Crippen molar-refractivity contribution in [2.24, 2.45) is 0 Å². The average Bonchev–Trinajstić information content (AvgIpc) is 3.37. The summed E-state index contributed by atoms with van der Waals surface area (Å²) in [5.74, 6) is -0.0400. The summed E-state index contributed by atoms with van der Waals surface area (Å²) >= 11 is 0. The van der Waals surface area contributed by atoms with Gasteiger partial charge in [-0.1, -0.05) is 24.3 Å². The van der Waals surface area contributed by atoms with Gasteiger partial charge in [0, 0.05) is 18.9 Å². The SMILES string of the molecule is COc1cc([C@@H](CC(=O)NCCc2ccc(O)cc2)c2c(O)c3ccccc3oc2=O)cc2c1OCO2. The van der Waals surface area contributed by atoms with Crippen LogP contribution in [0.15, 0.2) is 69.9 Å². The molecule has 1 amide bonds. The minimum atomic E-state index is -0.863. The van der Waals surface area contributed by atoms with Crippen molar-refractivity contribution in [1.82, 2.24) is 5.32 Å². The first-order valence-corrected chi connectivity index (χ1v) is 11.7. The first-order valence-electron chi connectivity index (χ1n) is 11.7. The number of amides is 1. The second-order valence-corrected chi connectivity index (χ2v) is 8.63. The van der Waals surface area contributed by atoms with Crippen LogP contribution in [-0.2, 0) is 11.2 Å². The highest BCUT2D eigenvalue weighted by Gasteiger charge is 2.30. The van der Waals surface area contributed by atoms with Crippen molar-refractivity contribution < 1.29 is 33.6 Å². The van der Waals surface area contributed by atoms with Gasteiger partial charge in [0.1, 0.15) is 17.1 Å². The number of benzene rings is 3. The van der Waals surface area contributed by atoms with Gasteiger partial charge in [-0.25, -0.2) is 4.79 Å². The van der Waals surface area contributed by atoms with Crippen molar-refractivity contribution in [1.29, 1.82) is 0 Å². The minimum Gasteiger partial charge on any atom is -0.508 e. The van der Waals surface area contributed by atoms with E-state index in [2.05, 4.69) is 5.32 Å². The van der Waals surface area contributed by atoms with Crippen LogP contribution in [0.4, 0.5) is 0 Å². The van der Waals surface area contributed by atoms with Gasteiger partial charge < -0.3 is 34.2 Å². The van der Waals surface area contributed by atoms with Crippen LogP contribution in [0.2, 0.25) is 0 Å². The summed E-state index contributed by atoms with van der Waals surface area (Å²) in [4.78, 5) is 26.2. The molecule has 9 nitrogen and oxygen atoms in total. The monoisotopic (exact) mass is 503 g/mol. The van der Waals surface area contributed by atoms with E-state index in [0.717, 1.165) is 5.56 Å². The van der Waals surface area contributed by atoms with E-state index in [0.29, 0.717) is 41.2 Å². The number of phenolic OH excluding ortho intramolecular Hbond substituents is 1. The number of methoxy groups -OCH3 is 1. The molecule has 0 saturated carbocycles. The molecule has 1 atom stereocenters. The molecule has 37 heavy (non-hydrogen) atoms. The zero-order valence-electron chi connectivity index (χ0n) is 20.0. The van der Waals surface area contributed by atoms with Gasteiger partial charge in [-0.3, -0.25) is 4.79 Å². The Morgan fingerprint density at radius 2 is 1.86 bits per heavy atom. The van der Waals surface area contributed by atoms with E-state index in [4.69, 9.17) is 18.6 Å². The predicted molar refractivity (Wildman–Crippen MR) is 135 cm³/mol. The maximum absolute atomic E-state index is 13.1. The molecule has 0 bridgehead atoms. The largest absolute Gasteiger partial charge is 0.508 e. The molecule has 0 unspecified atom stereocenters. The van der Waals surface area contributed by atoms with Crippen LogP contribution in [-0.4, -0.2) is 36.6 Å². The number of hydrogen-bond acceptors (Lipinski definition) is 8. The van der Waals surface area contributed by atoms with Crippen LogP contribution in [0.5, 0.6) is 28.7 Å². The van der Waals surface area contributed by atoms with E-state index in [1.165, 1.54) is 7.11 Å². The normalized spacial score (nSPS) is 12.9. The highest BCUT2D eigenvalue weighted by atomic mass is 16.7. The van der Waals surface area contributed by atoms with E-state index < -0.39 is 11.5 Å². The Morgan fingerprint density at radius 3 is 2.65 bits per heavy atom. The van der Waals surface area contributed by atoms with Gasteiger partial charge in [0.05, 0.1) is 18.1 Å². The first-order chi connectivity index (χ1) is 17.9. The molecule has 190 valence electrons.